The molecule has 0 aromatic carbocycles. The second-order valence-corrected chi connectivity index (χ2v) is 3.45. The molecule has 14 heavy (non-hydrogen) atoms. The molecule has 1 N–H and O–H groups in total. The molecule has 4 heteroatoms. The summed E-state index contributed by atoms with van der Waals surface area (Å²) in [6.45, 7) is 4.38. The summed E-state index contributed by atoms with van der Waals surface area (Å²) in [6.07, 6.45) is 5.70. The molecule has 0 saturated heterocycles. The zero-order chi connectivity index (χ0) is 9.97. The minimum Gasteiger partial charge on any atom is -0.432 e. The van der Waals surface area contributed by atoms with Crippen LogP contribution in [-0.2, 0) is 6.61 Å². The molecule has 0 radical (unpaired) electrons. The number of aromatic nitrogens is 1. The number of hydrogen-bond donors (Lipinski definition) is 1. The van der Waals surface area contributed by atoms with Crippen LogP contribution in [0.25, 0.3) is 0 Å². The Balaban J connectivity index is 2.12. The maximum absolute atomic E-state index is 8.86. The van der Waals surface area contributed by atoms with Crippen molar-refractivity contribution in [3.8, 4) is 0 Å². The lowest BCUT2D eigenvalue weighted by Gasteiger charge is -2.17. The number of anilines is 1. The molecule has 1 aromatic rings. The van der Waals surface area contributed by atoms with Gasteiger partial charge in [0.05, 0.1) is 6.61 Å². The van der Waals surface area contributed by atoms with Gasteiger partial charge in [0.2, 0.25) is 0 Å². The summed E-state index contributed by atoms with van der Waals surface area (Å²) in [6, 6.07) is 1.13. The zero-order valence-electron chi connectivity index (χ0n) is 8.02. The Morgan fingerprint density at radius 2 is 2.50 bits per heavy atom. The van der Waals surface area contributed by atoms with Gasteiger partial charge in [0.1, 0.15) is 12.0 Å². The van der Waals surface area contributed by atoms with E-state index in [9.17, 15) is 0 Å². The highest BCUT2D eigenvalue weighted by Gasteiger charge is 2.31. The van der Waals surface area contributed by atoms with Crippen LogP contribution in [0.5, 0.6) is 0 Å². The Hall–Kier alpha value is -1.29. The summed E-state index contributed by atoms with van der Waals surface area (Å²) < 4.78 is 5.28. The third-order valence-corrected chi connectivity index (χ3v) is 2.26. The maximum atomic E-state index is 8.86. The van der Waals surface area contributed by atoms with Crippen LogP contribution in [-0.4, -0.2) is 22.7 Å². The van der Waals surface area contributed by atoms with E-state index in [0.29, 0.717) is 17.8 Å². The number of aliphatic hydroxyl groups excluding tert-OH is 1. The van der Waals surface area contributed by atoms with Gasteiger partial charge in [-0.25, -0.2) is 0 Å². The molecule has 1 aliphatic carbocycles. The predicted molar refractivity (Wildman–Crippen MR) is 53.0 cm³/mol. The number of aliphatic hydroxyl groups is 1. The minimum atomic E-state index is -0.0733. The van der Waals surface area contributed by atoms with E-state index in [1.165, 1.54) is 19.1 Å². The summed E-state index contributed by atoms with van der Waals surface area (Å²) in [5, 5.41) is 8.86. The standard InChI is InChI=1S/C10H14N2O2/c1-2-5-12(9-3-4-9)10-11-8(6-13)7-14-10/h2,7,9,13H,1,3-6H2. The van der Waals surface area contributed by atoms with Gasteiger partial charge >= 0.3 is 0 Å². The summed E-state index contributed by atoms with van der Waals surface area (Å²) in [5.41, 5.74) is 0.578. The maximum Gasteiger partial charge on any atom is 0.298 e. The molecule has 0 spiro atoms. The van der Waals surface area contributed by atoms with E-state index in [4.69, 9.17) is 9.52 Å². The molecule has 1 aliphatic rings. The van der Waals surface area contributed by atoms with E-state index in [1.54, 1.807) is 0 Å². The van der Waals surface area contributed by atoms with E-state index in [1.807, 2.05) is 6.08 Å². The van der Waals surface area contributed by atoms with E-state index in [0.717, 1.165) is 6.54 Å². The Labute approximate surface area is 82.9 Å². The quantitative estimate of drug-likeness (QED) is 0.718. The van der Waals surface area contributed by atoms with E-state index >= 15 is 0 Å². The number of oxazole rings is 1. The van der Waals surface area contributed by atoms with Crippen molar-refractivity contribution in [2.45, 2.75) is 25.5 Å². The van der Waals surface area contributed by atoms with E-state index in [2.05, 4.69) is 16.5 Å². The molecule has 2 rings (SSSR count). The Morgan fingerprint density at radius 1 is 1.71 bits per heavy atom. The van der Waals surface area contributed by atoms with Gasteiger partial charge in [-0.2, -0.15) is 4.98 Å². The van der Waals surface area contributed by atoms with E-state index in [-0.39, 0.29) is 6.61 Å². The van der Waals surface area contributed by atoms with Gasteiger partial charge in [-0.15, -0.1) is 6.58 Å². The largest absolute Gasteiger partial charge is 0.432 e. The van der Waals surface area contributed by atoms with Gasteiger partial charge in [0.25, 0.3) is 6.01 Å². The molecule has 1 saturated carbocycles. The minimum absolute atomic E-state index is 0.0733. The third kappa shape index (κ3) is 1.80. The van der Waals surface area contributed by atoms with Crippen LogP contribution in [0.1, 0.15) is 18.5 Å². The first-order valence-electron chi connectivity index (χ1n) is 4.78. The fourth-order valence-electron chi connectivity index (χ4n) is 1.41. The van der Waals surface area contributed by atoms with Crippen LogP contribution >= 0.6 is 0 Å². The van der Waals surface area contributed by atoms with Crippen LogP contribution in [0.2, 0.25) is 0 Å². The van der Waals surface area contributed by atoms with Crippen molar-refractivity contribution in [1.82, 2.24) is 4.98 Å². The fourth-order valence-corrected chi connectivity index (χ4v) is 1.41. The smallest absolute Gasteiger partial charge is 0.298 e. The Bertz CT molecular complexity index is 318. The van der Waals surface area contributed by atoms with E-state index < -0.39 is 0 Å². The van der Waals surface area contributed by atoms with Crippen molar-refractivity contribution in [2.24, 2.45) is 0 Å². The van der Waals surface area contributed by atoms with Gasteiger partial charge in [-0.1, -0.05) is 6.08 Å². The second kappa shape index (κ2) is 3.84. The van der Waals surface area contributed by atoms with Crippen molar-refractivity contribution in [3.05, 3.63) is 24.6 Å². The van der Waals surface area contributed by atoms with Gasteiger partial charge in [0, 0.05) is 12.6 Å². The molecular weight excluding hydrogens is 180 g/mol. The third-order valence-electron chi connectivity index (χ3n) is 2.26. The summed E-state index contributed by atoms with van der Waals surface area (Å²) in [5.74, 6) is 0. The average molecular weight is 194 g/mol. The molecule has 0 atom stereocenters. The van der Waals surface area contributed by atoms with Crippen molar-refractivity contribution in [3.63, 3.8) is 0 Å². The van der Waals surface area contributed by atoms with Crippen molar-refractivity contribution >= 4 is 6.01 Å². The highest BCUT2D eigenvalue weighted by Crippen LogP contribution is 2.30. The zero-order valence-corrected chi connectivity index (χ0v) is 8.02. The summed E-state index contributed by atoms with van der Waals surface area (Å²) >= 11 is 0. The van der Waals surface area contributed by atoms with Crippen LogP contribution < -0.4 is 4.90 Å². The Morgan fingerprint density at radius 3 is 3.00 bits per heavy atom. The first kappa shape index (κ1) is 9.27. The molecular formula is C10H14N2O2. The molecule has 4 nitrogen and oxygen atoms in total. The predicted octanol–water partition coefficient (Wildman–Crippen LogP) is 1.32. The molecule has 0 aliphatic heterocycles. The molecule has 0 bridgehead atoms. The molecule has 1 fully saturated rings. The number of hydrogen-bond acceptors (Lipinski definition) is 4. The lowest BCUT2D eigenvalue weighted by Crippen LogP contribution is -2.25. The topological polar surface area (TPSA) is 49.5 Å². The molecule has 1 heterocycles. The monoisotopic (exact) mass is 194 g/mol. The number of rotatable bonds is 5. The number of nitrogens with zero attached hydrogens (tertiary/aromatic N) is 2. The van der Waals surface area contributed by atoms with Crippen LogP contribution in [0.4, 0.5) is 6.01 Å². The molecule has 1 aromatic heterocycles. The van der Waals surface area contributed by atoms with Gasteiger partial charge < -0.3 is 14.4 Å². The first-order valence-corrected chi connectivity index (χ1v) is 4.78. The van der Waals surface area contributed by atoms with Crippen LogP contribution in [0, 0.1) is 0 Å². The van der Waals surface area contributed by atoms with Crippen LogP contribution in [0.3, 0.4) is 0 Å². The molecule has 0 unspecified atom stereocenters. The molecule has 76 valence electrons. The fraction of sp³-hybridized carbons (Fsp3) is 0.500. The summed E-state index contributed by atoms with van der Waals surface area (Å²) in [4.78, 5) is 6.25. The highest BCUT2D eigenvalue weighted by atomic mass is 16.4. The van der Waals surface area contributed by atoms with Gasteiger partial charge in [-0.05, 0) is 12.8 Å². The normalized spacial score (nSPS) is 15.5. The first-order chi connectivity index (χ1) is 6.85. The Kier molecular flexibility index (Phi) is 2.54. The molecule has 0 amide bonds. The highest BCUT2D eigenvalue weighted by molar-refractivity contribution is 5.32. The van der Waals surface area contributed by atoms with Crippen molar-refractivity contribution in [1.29, 1.82) is 0 Å². The van der Waals surface area contributed by atoms with Crippen molar-refractivity contribution < 1.29 is 9.52 Å². The summed E-state index contributed by atoms with van der Waals surface area (Å²) in [7, 11) is 0. The van der Waals surface area contributed by atoms with Gasteiger partial charge in [0.15, 0.2) is 0 Å². The average Bonchev–Trinajstić information content (AvgIpc) is 2.92. The lowest BCUT2D eigenvalue weighted by molar-refractivity contribution is 0.276. The SMILES string of the molecule is C=CCN(c1nc(CO)co1)C1CC1. The lowest BCUT2D eigenvalue weighted by atomic mass is 10.5. The van der Waals surface area contributed by atoms with Crippen LogP contribution in [0.15, 0.2) is 23.3 Å². The van der Waals surface area contributed by atoms with Crippen molar-refractivity contribution in [2.75, 3.05) is 11.4 Å². The van der Waals surface area contributed by atoms with Gasteiger partial charge in [-0.3, -0.25) is 0 Å². The second-order valence-electron chi connectivity index (χ2n) is 3.45.